The summed E-state index contributed by atoms with van der Waals surface area (Å²) in [7, 11) is 4.04. The van der Waals surface area contributed by atoms with Crippen molar-refractivity contribution in [1.82, 2.24) is 9.78 Å². The van der Waals surface area contributed by atoms with E-state index in [4.69, 9.17) is 11.6 Å². The molecule has 0 amide bonds. The predicted molar refractivity (Wildman–Crippen MR) is 81.0 cm³/mol. The van der Waals surface area contributed by atoms with Crippen molar-refractivity contribution in [2.45, 2.75) is 20.0 Å². The summed E-state index contributed by atoms with van der Waals surface area (Å²) in [6.45, 7) is 3.69. The van der Waals surface area contributed by atoms with E-state index in [1.54, 1.807) is 0 Å². The summed E-state index contributed by atoms with van der Waals surface area (Å²) in [6.07, 6.45) is 1.82. The maximum atomic E-state index is 6.06. The van der Waals surface area contributed by atoms with E-state index in [0.717, 1.165) is 35.2 Å². The standard InChI is InChI=1S/C14H19ClN4/c1-4-19-12(7-8-17-19)10-16-13-9-11(15)5-6-14(13)18(2)3/h5-9,16H,4,10H2,1-3H3. The third-order valence-electron chi connectivity index (χ3n) is 3.00. The van der Waals surface area contributed by atoms with Gasteiger partial charge >= 0.3 is 0 Å². The molecule has 0 saturated carbocycles. The molecule has 1 heterocycles. The molecule has 0 saturated heterocycles. The molecule has 0 bridgehead atoms. The number of nitrogens with zero attached hydrogens (tertiary/aromatic N) is 3. The zero-order valence-electron chi connectivity index (χ0n) is 11.5. The molecule has 1 N–H and O–H groups in total. The van der Waals surface area contributed by atoms with Gasteiger partial charge in [0, 0.05) is 31.9 Å². The fraction of sp³-hybridized carbons (Fsp3) is 0.357. The van der Waals surface area contributed by atoms with Crippen molar-refractivity contribution in [2.75, 3.05) is 24.3 Å². The number of hydrogen-bond acceptors (Lipinski definition) is 3. The highest BCUT2D eigenvalue weighted by Gasteiger charge is 2.06. The van der Waals surface area contributed by atoms with Crippen LogP contribution < -0.4 is 10.2 Å². The largest absolute Gasteiger partial charge is 0.378 e. The molecule has 5 heteroatoms. The molecule has 2 aromatic rings. The molecule has 0 aliphatic rings. The SMILES string of the molecule is CCn1nccc1CNc1cc(Cl)ccc1N(C)C. The number of halogens is 1. The average Bonchev–Trinajstić information content (AvgIpc) is 2.83. The van der Waals surface area contributed by atoms with Crippen LogP contribution in [0.2, 0.25) is 5.02 Å². The van der Waals surface area contributed by atoms with Gasteiger partial charge in [-0.1, -0.05) is 11.6 Å². The minimum absolute atomic E-state index is 0.731. The zero-order valence-corrected chi connectivity index (χ0v) is 12.3. The van der Waals surface area contributed by atoms with E-state index < -0.39 is 0 Å². The first-order chi connectivity index (χ1) is 9.11. The van der Waals surface area contributed by atoms with Gasteiger partial charge < -0.3 is 10.2 Å². The number of aryl methyl sites for hydroxylation is 1. The maximum absolute atomic E-state index is 6.06. The van der Waals surface area contributed by atoms with Crippen LogP contribution in [-0.4, -0.2) is 23.9 Å². The van der Waals surface area contributed by atoms with Crippen LogP contribution in [0.1, 0.15) is 12.6 Å². The minimum Gasteiger partial charge on any atom is -0.378 e. The number of hydrogen-bond donors (Lipinski definition) is 1. The Morgan fingerprint density at radius 2 is 2.11 bits per heavy atom. The number of rotatable bonds is 5. The molecule has 0 radical (unpaired) electrons. The molecule has 0 unspecified atom stereocenters. The first kappa shape index (κ1) is 13.7. The Labute approximate surface area is 119 Å². The molecular formula is C14H19ClN4. The van der Waals surface area contributed by atoms with Crippen LogP contribution in [0.5, 0.6) is 0 Å². The molecule has 0 atom stereocenters. The summed E-state index contributed by atoms with van der Waals surface area (Å²) < 4.78 is 1.98. The lowest BCUT2D eigenvalue weighted by Crippen LogP contribution is -2.13. The molecule has 102 valence electrons. The summed E-state index contributed by atoms with van der Waals surface area (Å²) >= 11 is 6.06. The van der Waals surface area contributed by atoms with Gasteiger partial charge in [0.15, 0.2) is 0 Å². The number of benzene rings is 1. The van der Waals surface area contributed by atoms with Crippen LogP contribution >= 0.6 is 11.6 Å². The second-order valence-electron chi connectivity index (χ2n) is 4.55. The van der Waals surface area contributed by atoms with E-state index in [1.807, 2.05) is 49.2 Å². The van der Waals surface area contributed by atoms with Crippen LogP contribution in [0, 0.1) is 0 Å². The first-order valence-corrected chi connectivity index (χ1v) is 6.71. The van der Waals surface area contributed by atoms with E-state index in [9.17, 15) is 0 Å². The molecular weight excluding hydrogens is 260 g/mol. The summed E-state index contributed by atoms with van der Waals surface area (Å²) in [5.74, 6) is 0. The third-order valence-corrected chi connectivity index (χ3v) is 3.24. The van der Waals surface area contributed by atoms with E-state index in [-0.39, 0.29) is 0 Å². The minimum atomic E-state index is 0.731. The molecule has 0 spiro atoms. The van der Waals surface area contributed by atoms with E-state index in [0.29, 0.717) is 0 Å². The molecule has 19 heavy (non-hydrogen) atoms. The monoisotopic (exact) mass is 278 g/mol. The van der Waals surface area contributed by atoms with Gasteiger partial charge in [0.1, 0.15) is 0 Å². The van der Waals surface area contributed by atoms with Crippen molar-refractivity contribution in [3.05, 3.63) is 41.2 Å². The lowest BCUT2D eigenvalue weighted by molar-refractivity contribution is 0.627. The quantitative estimate of drug-likeness (QED) is 0.911. The Balaban J connectivity index is 2.17. The van der Waals surface area contributed by atoms with Gasteiger partial charge in [-0.05, 0) is 31.2 Å². The van der Waals surface area contributed by atoms with Gasteiger partial charge in [-0.3, -0.25) is 4.68 Å². The Kier molecular flexibility index (Phi) is 4.32. The molecule has 4 nitrogen and oxygen atoms in total. The van der Waals surface area contributed by atoms with E-state index in [1.165, 1.54) is 0 Å². The molecule has 1 aromatic heterocycles. The van der Waals surface area contributed by atoms with Crippen molar-refractivity contribution >= 4 is 23.0 Å². The van der Waals surface area contributed by atoms with Crippen molar-refractivity contribution in [1.29, 1.82) is 0 Å². The van der Waals surface area contributed by atoms with Crippen LogP contribution in [0.15, 0.2) is 30.5 Å². The molecule has 2 rings (SSSR count). The van der Waals surface area contributed by atoms with Gasteiger partial charge in [-0.2, -0.15) is 5.10 Å². The number of nitrogens with one attached hydrogen (secondary N) is 1. The Hall–Kier alpha value is -1.68. The van der Waals surface area contributed by atoms with Crippen molar-refractivity contribution < 1.29 is 0 Å². The second-order valence-corrected chi connectivity index (χ2v) is 4.98. The lowest BCUT2D eigenvalue weighted by Gasteiger charge is -2.19. The fourth-order valence-corrected chi connectivity index (χ4v) is 2.19. The van der Waals surface area contributed by atoms with Crippen LogP contribution in [0.4, 0.5) is 11.4 Å². The average molecular weight is 279 g/mol. The first-order valence-electron chi connectivity index (χ1n) is 6.33. The Morgan fingerprint density at radius 3 is 2.79 bits per heavy atom. The number of aromatic nitrogens is 2. The highest BCUT2D eigenvalue weighted by molar-refractivity contribution is 6.31. The Morgan fingerprint density at radius 1 is 1.32 bits per heavy atom. The fourth-order valence-electron chi connectivity index (χ4n) is 2.02. The van der Waals surface area contributed by atoms with Crippen molar-refractivity contribution in [3.63, 3.8) is 0 Å². The Bertz CT molecular complexity index is 548. The van der Waals surface area contributed by atoms with Crippen LogP contribution in [0.3, 0.4) is 0 Å². The molecule has 0 aliphatic heterocycles. The van der Waals surface area contributed by atoms with Gasteiger partial charge in [0.05, 0.1) is 23.6 Å². The predicted octanol–water partition coefficient (Wildman–Crippen LogP) is 3.23. The zero-order chi connectivity index (χ0) is 13.8. The summed E-state index contributed by atoms with van der Waals surface area (Å²) in [5.41, 5.74) is 3.31. The lowest BCUT2D eigenvalue weighted by atomic mass is 10.2. The molecule has 0 aliphatic carbocycles. The summed E-state index contributed by atoms with van der Waals surface area (Å²) in [6, 6.07) is 7.89. The second kappa shape index (κ2) is 5.97. The van der Waals surface area contributed by atoms with Crippen molar-refractivity contribution in [2.24, 2.45) is 0 Å². The normalized spacial score (nSPS) is 10.5. The van der Waals surface area contributed by atoms with Crippen LogP contribution in [-0.2, 0) is 13.1 Å². The highest BCUT2D eigenvalue weighted by Crippen LogP contribution is 2.28. The van der Waals surface area contributed by atoms with Gasteiger partial charge in [0.2, 0.25) is 0 Å². The van der Waals surface area contributed by atoms with E-state index >= 15 is 0 Å². The highest BCUT2D eigenvalue weighted by atomic mass is 35.5. The van der Waals surface area contributed by atoms with Crippen molar-refractivity contribution in [3.8, 4) is 0 Å². The third kappa shape index (κ3) is 3.20. The van der Waals surface area contributed by atoms with Gasteiger partial charge in [-0.15, -0.1) is 0 Å². The van der Waals surface area contributed by atoms with Crippen LogP contribution in [0.25, 0.3) is 0 Å². The summed E-state index contributed by atoms with van der Waals surface area (Å²) in [5, 5.41) is 8.42. The molecule has 1 aromatic carbocycles. The molecule has 0 fully saturated rings. The number of anilines is 2. The maximum Gasteiger partial charge on any atom is 0.0597 e. The van der Waals surface area contributed by atoms with E-state index in [2.05, 4.69) is 22.2 Å². The van der Waals surface area contributed by atoms with Gasteiger partial charge in [0.25, 0.3) is 0 Å². The summed E-state index contributed by atoms with van der Waals surface area (Å²) in [4.78, 5) is 2.07. The topological polar surface area (TPSA) is 33.1 Å². The van der Waals surface area contributed by atoms with Gasteiger partial charge in [-0.25, -0.2) is 0 Å². The smallest absolute Gasteiger partial charge is 0.0597 e.